The third-order valence-electron chi connectivity index (χ3n) is 7.34. The van der Waals surface area contributed by atoms with E-state index in [1.54, 1.807) is 12.1 Å². The fourth-order valence-electron chi connectivity index (χ4n) is 5.67. The minimum absolute atomic E-state index is 0.462. The molecule has 1 aliphatic rings. The summed E-state index contributed by atoms with van der Waals surface area (Å²) in [6.07, 6.45) is 0.834. The summed E-state index contributed by atoms with van der Waals surface area (Å²) >= 11 is 3.76. The second-order valence-corrected chi connectivity index (χ2v) is 10.5. The van der Waals surface area contributed by atoms with Gasteiger partial charge in [-0.25, -0.2) is 0 Å². The van der Waals surface area contributed by atoms with Gasteiger partial charge in [-0.3, -0.25) is 4.79 Å². The van der Waals surface area contributed by atoms with Crippen LogP contribution in [0.4, 0.5) is 0 Å². The fraction of sp³-hybridized carbons (Fsp3) is 0.0882. The van der Waals surface area contributed by atoms with E-state index in [4.69, 9.17) is 4.74 Å². The van der Waals surface area contributed by atoms with Gasteiger partial charge in [0, 0.05) is 10.0 Å². The first-order valence-electron chi connectivity index (χ1n) is 12.3. The van der Waals surface area contributed by atoms with Crippen molar-refractivity contribution in [3.8, 4) is 22.6 Å². The molecule has 37 heavy (non-hydrogen) atoms. The molecule has 0 fully saturated rings. The first kappa shape index (κ1) is 23.4. The summed E-state index contributed by atoms with van der Waals surface area (Å²) < 4.78 is 7.17. The Morgan fingerprint density at radius 1 is 0.676 bits per heavy atom. The maximum atomic E-state index is 11.0. The third kappa shape index (κ3) is 3.82. The summed E-state index contributed by atoms with van der Waals surface area (Å²) in [6, 6.07) is 37.7. The zero-order valence-corrected chi connectivity index (χ0v) is 22.3. The van der Waals surface area contributed by atoms with E-state index in [0.29, 0.717) is 11.3 Å². The molecule has 180 valence electrons. The van der Waals surface area contributed by atoms with Crippen molar-refractivity contribution in [3.63, 3.8) is 0 Å². The van der Waals surface area contributed by atoms with Gasteiger partial charge in [0.15, 0.2) is 0 Å². The largest absolute Gasteiger partial charge is 0.457 e. The van der Waals surface area contributed by atoms with Crippen LogP contribution in [0.25, 0.3) is 11.1 Å². The van der Waals surface area contributed by atoms with Gasteiger partial charge in [0.05, 0.1) is 5.41 Å². The summed E-state index contributed by atoms with van der Waals surface area (Å²) in [5, 5.41) is 0. The van der Waals surface area contributed by atoms with Crippen molar-refractivity contribution in [3.05, 3.63) is 153 Å². The maximum absolute atomic E-state index is 11.0. The highest BCUT2D eigenvalue weighted by Crippen LogP contribution is 2.57. The summed E-state index contributed by atoms with van der Waals surface area (Å²) in [5.74, 6) is 1.45. The van der Waals surface area contributed by atoms with Crippen LogP contribution < -0.4 is 4.74 Å². The molecule has 2 nitrogen and oxygen atoms in total. The number of rotatable bonds is 5. The Balaban J connectivity index is 1.56. The Morgan fingerprint density at radius 2 is 1.35 bits per heavy atom. The van der Waals surface area contributed by atoms with Crippen LogP contribution in [0.3, 0.4) is 0 Å². The molecule has 0 aliphatic heterocycles. The maximum Gasteiger partial charge on any atom is 0.150 e. The zero-order valence-electron chi connectivity index (χ0n) is 20.7. The van der Waals surface area contributed by atoms with E-state index in [1.807, 2.05) is 24.3 Å². The number of carbonyl (C=O) groups is 1. The molecule has 1 atom stereocenters. The van der Waals surface area contributed by atoms with Crippen molar-refractivity contribution < 1.29 is 9.53 Å². The molecule has 0 aromatic heterocycles. The van der Waals surface area contributed by atoms with E-state index in [2.05, 4.69) is 103 Å². The molecule has 1 unspecified atom stereocenters. The first-order valence-corrected chi connectivity index (χ1v) is 13.1. The van der Waals surface area contributed by atoms with Crippen molar-refractivity contribution >= 4 is 22.2 Å². The molecule has 0 N–H and O–H groups in total. The van der Waals surface area contributed by atoms with Crippen LogP contribution in [-0.4, -0.2) is 6.29 Å². The molecule has 0 saturated heterocycles. The lowest BCUT2D eigenvalue weighted by Gasteiger charge is -2.35. The van der Waals surface area contributed by atoms with E-state index in [9.17, 15) is 4.79 Å². The highest BCUT2D eigenvalue weighted by molar-refractivity contribution is 9.10. The number of fused-ring (bicyclic) bond motifs is 3. The van der Waals surface area contributed by atoms with Gasteiger partial charge in [-0.15, -0.1) is 0 Å². The van der Waals surface area contributed by atoms with E-state index < -0.39 is 5.41 Å². The Bertz CT molecular complexity index is 1630. The minimum Gasteiger partial charge on any atom is -0.457 e. The number of ether oxygens (including phenoxy) is 1. The van der Waals surface area contributed by atoms with E-state index in [0.717, 1.165) is 16.5 Å². The first-order chi connectivity index (χ1) is 18.0. The van der Waals surface area contributed by atoms with Gasteiger partial charge in [-0.05, 0) is 101 Å². The van der Waals surface area contributed by atoms with E-state index >= 15 is 0 Å². The molecule has 0 heterocycles. The molecule has 0 saturated carbocycles. The molecule has 0 amide bonds. The van der Waals surface area contributed by atoms with Crippen molar-refractivity contribution in [1.82, 2.24) is 0 Å². The van der Waals surface area contributed by atoms with Crippen LogP contribution in [0, 0.1) is 13.8 Å². The van der Waals surface area contributed by atoms with Crippen molar-refractivity contribution in [1.29, 1.82) is 0 Å². The van der Waals surface area contributed by atoms with Crippen molar-refractivity contribution in [2.75, 3.05) is 0 Å². The van der Waals surface area contributed by atoms with Crippen LogP contribution in [0.15, 0.2) is 114 Å². The van der Waals surface area contributed by atoms with Gasteiger partial charge in [0.2, 0.25) is 0 Å². The summed E-state index contributed by atoms with van der Waals surface area (Å²) in [5.41, 5.74) is 10.2. The van der Waals surface area contributed by atoms with Crippen molar-refractivity contribution in [2.45, 2.75) is 19.3 Å². The predicted molar refractivity (Wildman–Crippen MR) is 153 cm³/mol. The highest BCUT2D eigenvalue weighted by Gasteiger charge is 2.46. The Labute approximate surface area is 225 Å². The average molecular weight is 545 g/mol. The second-order valence-electron chi connectivity index (χ2n) is 9.62. The van der Waals surface area contributed by atoms with Crippen LogP contribution in [0.5, 0.6) is 11.5 Å². The molecule has 0 radical (unpaired) electrons. The zero-order chi connectivity index (χ0) is 25.6. The lowest BCUT2D eigenvalue weighted by molar-refractivity contribution is 0.112. The molecule has 0 spiro atoms. The van der Waals surface area contributed by atoms with Crippen LogP contribution in [-0.2, 0) is 5.41 Å². The van der Waals surface area contributed by atoms with Crippen molar-refractivity contribution in [2.24, 2.45) is 0 Å². The van der Waals surface area contributed by atoms with E-state index in [-0.39, 0.29) is 0 Å². The number of hydrogen-bond acceptors (Lipinski definition) is 2. The normalized spacial score (nSPS) is 15.6. The van der Waals surface area contributed by atoms with Crippen LogP contribution in [0.1, 0.15) is 43.7 Å². The highest BCUT2D eigenvalue weighted by atomic mass is 79.9. The Hall–Kier alpha value is -3.95. The quantitative estimate of drug-likeness (QED) is 0.202. The van der Waals surface area contributed by atoms with Gasteiger partial charge >= 0.3 is 0 Å². The smallest absolute Gasteiger partial charge is 0.150 e. The third-order valence-corrected chi connectivity index (χ3v) is 7.84. The summed E-state index contributed by atoms with van der Waals surface area (Å²) in [7, 11) is 0. The molecular weight excluding hydrogens is 520 g/mol. The predicted octanol–water partition coefficient (Wildman–Crippen LogP) is 9.03. The fourth-order valence-corrected chi connectivity index (χ4v) is 6.03. The number of halogens is 1. The number of benzene rings is 5. The number of aldehydes is 1. The standard InChI is InChI=1S/C34H25BrO2/c1-22-7-8-23(2)32(19-22)34(31-6-4-3-5-29(31)30-18-13-26(35)20-33(30)34)25-11-16-28(17-12-25)37-27-14-9-24(21-36)10-15-27/h3-21H,1-2H3. The van der Waals surface area contributed by atoms with Gasteiger partial charge in [-0.2, -0.15) is 0 Å². The molecular formula is C34H25BrO2. The van der Waals surface area contributed by atoms with E-state index in [1.165, 1.54) is 44.5 Å². The van der Waals surface area contributed by atoms with Gasteiger partial charge in [0.1, 0.15) is 17.8 Å². The minimum atomic E-state index is -0.462. The molecule has 1 aliphatic carbocycles. The van der Waals surface area contributed by atoms with Crippen LogP contribution in [0.2, 0.25) is 0 Å². The lowest BCUT2D eigenvalue weighted by Crippen LogP contribution is -2.29. The number of carbonyl (C=O) groups excluding carboxylic acids is 1. The monoisotopic (exact) mass is 544 g/mol. The van der Waals surface area contributed by atoms with Gasteiger partial charge in [-0.1, -0.05) is 82.2 Å². The molecule has 0 bridgehead atoms. The molecule has 5 aromatic carbocycles. The lowest BCUT2D eigenvalue weighted by atomic mass is 9.66. The second kappa shape index (κ2) is 9.17. The topological polar surface area (TPSA) is 26.3 Å². The molecule has 5 aromatic rings. The SMILES string of the molecule is Cc1ccc(C)c(C2(c3ccc(Oc4ccc(C=O)cc4)cc3)c3ccccc3-c3ccc(Br)cc32)c1. The molecule has 3 heteroatoms. The van der Waals surface area contributed by atoms with Gasteiger partial charge < -0.3 is 4.74 Å². The van der Waals surface area contributed by atoms with Crippen LogP contribution >= 0.6 is 15.9 Å². The average Bonchev–Trinajstić information content (AvgIpc) is 3.21. The Morgan fingerprint density at radius 3 is 2.08 bits per heavy atom. The summed E-state index contributed by atoms with van der Waals surface area (Å²) in [4.78, 5) is 11.0. The number of aryl methyl sites for hydroxylation is 2. The number of hydrogen-bond donors (Lipinski definition) is 0. The van der Waals surface area contributed by atoms with Gasteiger partial charge in [0.25, 0.3) is 0 Å². The summed E-state index contributed by atoms with van der Waals surface area (Å²) in [6.45, 7) is 4.36. The Kier molecular flexibility index (Phi) is 5.81. The molecule has 6 rings (SSSR count).